The van der Waals surface area contributed by atoms with Gasteiger partial charge in [0.1, 0.15) is 11.9 Å². The van der Waals surface area contributed by atoms with Gasteiger partial charge in [-0.3, -0.25) is 14.9 Å². The van der Waals surface area contributed by atoms with Gasteiger partial charge in [0, 0.05) is 40.4 Å². The van der Waals surface area contributed by atoms with Crippen LogP contribution in [-0.4, -0.2) is 25.5 Å². The maximum absolute atomic E-state index is 12.8. The van der Waals surface area contributed by atoms with E-state index in [4.69, 9.17) is 11.6 Å². The number of nitro benzene ring substituents is 1. The van der Waals surface area contributed by atoms with E-state index >= 15 is 0 Å². The third-order valence-electron chi connectivity index (χ3n) is 4.71. The molecule has 4 rings (SSSR count). The first kappa shape index (κ1) is 16.7. The molecule has 0 saturated carbocycles. The van der Waals surface area contributed by atoms with Gasteiger partial charge in [0.05, 0.1) is 4.92 Å². The van der Waals surface area contributed by atoms with Crippen molar-refractivity contribution >= 4 is 29.0 Å². The van der Waals surface area contributed by atoms with Crippen LogP contribution in [0.25, 0.3) is 0 Å². The van der Waals surface area contributed by atoms with Gasteiger partial charge in [-0.1, -0.05) is 18.5 Å². The normalized spacial score (nSPS) is 21.9. The summed E-state index contributed by atoms with van der Waals surface area (Å²) in [5, 5.41) is 19.2. The number of nitro groups is 1. The first-order valence-corrected chi connectivity index (χ1v) is 8.63. The molecule has 26 heavy (non-hydrogen) atoms. The topological polar surface area (TPSA) is 103 Å². The van der Waals surface area contributed by atoms with E-state index in [-0.39, 0.29) is 17.4 Å². The quantitative estimate of drug-likeness (QED) is 0.639. The van der Waals surface area contributed by atoms with Gasteiger partial charge >= 0.3 is 0 Å². The molecule has 2 aliphatic rings. The molecule has 0 spiro atoms. The summed E-state index contributed by atoms with van der Waals surface area (Å²) in [5.74, 6) is 1.26. The number of nitrogens with zero attached hydrogens (tertiary/aromatic N) is 4. The second-order valence-corrected chi connectivity index (χ2v) is 7.15. The average molecular weight is 374 g/mol. The highest BCUT2D eigenvalue weighted by molar-refractivity contribution is 6.31. The van der Waals surface area contributed by atoms with Crippen LogP contribution >= 0.6 is 11.6 Å². The van der Waals surface area contributed by atoms with Gasteiger partial charge in [-0.15, -0.1) is 0 Å². The molecule has 0 radical (unpaired) electrons. The maximum atomic E-state index is 12.8. The van der Waals surface area contributed by atoms with Crippen molar-refractivity contribution in [3.63, 3.8) is 0 Å². The average Bonchev–Trinajstić information content (AvgIpc) is 2.92. The van der Waals surface area contributed by atoms with E-state index in [0.717, 1.165) is 5.70 Å². The number of ketones is 1. The predicted octanol–water partition coefficient (Wildman–Crippen LogP) is 3.42. The van der Waals surface area contributed by atoms with E-state index < -0.39 is 11.0 Å². The van der Waals surface area contributed by atoms with Gasteiger partial charge < -0.3 is 5.32 Å². The lowest BCUT2D eigenvalue weighted by molar-refractivity contribution is -0.384. The number of hydrogen-bond acceptors (Lipinski definition) is 6. The van der Waals surface area contributed by atoms with Crippen LogP contribution in [0.1, 0.15) is 37.2 Å². The molecule has 1 aliphatic heterocycles. The number of halogens is 1. The number of carbonyl (C=O) groups is 1. The molecule has 134 valence electrons. The summed E-state index contributed by atoms with van der Waals surface area (Å²) >= 11 is 6.38. The third-order valence-corrected chi connectivity index (χ3v) is 5.06. The number of aromatic nitrogens is 3. The molecule has 2 heterocycles. The molecule has 8 nitrogen and oxygen atoms in total. The van der Waals surface area contributed by atoms with Crippen LogP contribution in [0.15, 0.2) is 29.5 Å². The van der Waals surface area contributed by atoms with Crippen molar-refractivity contribution in [2.45, 2.75) is 32.7 Å². The Morgan fingerprint density at radius 1 is 1.38 bits per heavy atom. The molecule has 0 fully saturated rings. The smallest absolute Gasteiger partial charge is 0.269 e. The molecule has 1 aromatic carbocycles. The summed E-state index contributed by atoms with van der Waals surface area (Å²) in [7, 11) is 0. The van der Waals surface area contributed by atoms with E-state index in [1.165, 1.54) is 18.2 Å². The van der Waals surface area contributed by atoms with Crippen molar-refractivity contribution in [1.29, 1.82) is 0 Å². The number of nitrogens with one attached hydrogen (secondary N) is 1. The SMILES string of the molecule is Cc1nc2n(n1)C(c1cc([N+](=O)[O-])ccc1Cl)C1=C(CC(C)CC1=O)N2. The summed E-state index contributed by atoms with van der Waals surface area (Å²) in [5.41, 5.74) is 1.74. The monoisotopic (exact) mass is 373 g/mol. The summed E-state index contributed by atoms with van der Waals surface area (Å²) < 4.78 is 1.59. The summed E-state index contributed by atoms with van der Waals surface area (Å²) in [6, 6.07) is 3.61. The highest BCUT2D eigenvalue weighted by Crippen LogP contribution is 2.43. The summed E-state index contributed by atoms with van der Waals surface area (Å²) in [6.45, 7) is 3.77. The Bertz CT molecular complexity index is 981. The number of aryl methyl sites for hydroxylation is 1. The van der Waals surface area contributed by atoms with E-state index in [9.17, 15) is 14.9 Å². The highest BCUT2D eigenvalue weighted by Gasteiger charge is 2.39. The van der Waals surface area contributed by atoms with Gasteiger partial charge in [0.25, 0.3) is 5.69 Å². The van der Waals surface area contributed by atoms with Crippen molar-refractivity contribution in [3.8, 4) is 0 Å². The number of fused-ring (bicyclic) bond motifs is 1. The Morgan fingerprint density at radius 3 is 2.88 bits per heavy atom. The zero-order valence-corrected chi connectivity index (χ0v) is 14.9. The first-order chi connectivity index (χ1) is 12.3. The van der Waals surface area contributed by atoms with Crippen molar-refractivity contribution in [3.05, 3.63) is 56.0 Å². The van der Waals surface area contributed by atoms with Crippen molar-refractivity contribution in [1.82, 2.24) is 14.8 Å². The van der Waals surface area contributed by atoms with E-state index in [1.807, 2.05) is 6.92 Å². The molecular formula is C17H16ClN5O3. The molecule has 2 aromatic rings. The van der Waals surface area contributed by atoms with Crippen molar-refractivity contribution < 1.29 is 9.72 Å². The fourth-order valence-electron chi connectivity index (χ4n) is 3.66. The van der Waals surface area contributed by atoms with Crippen LogP contribution in [0.3, 0.4) is 0 Å². The molecule has 1 aliphatic carbocycles. The van der Waals surface area contributed by atoms with Crippen LogP contribution in [0, 0.1) is 23.0 Å². The van der Waals surface area contributed by atoms with Crippen LogP contribution in [0.5, 0.6) is 0 Å². The third kappa shape index (κ3) is 2.57. The lowest BCUT2D eigenvalue weighted by Crippen LogP contribution is -2.33. The fraction of sp³-hybridized carbons (Fsp3) is 0.353. The zero-order valence-electron chi connectivity index (χ0n) is 14.2. The highest BCUT2D eigenvalue weighted by atomic mass is 35.5. The van der Waals surface area contributed by atoms with Gasteiger partial charge in [-0.05, 0) is 25.3 Å². The standard InChI is InChI=1S/C17H16ClN5O3/c1-8-5-13-15(14(24)6-8)16(22-17(20-13)19-9(2)21-22)11-7-10(23(25)26)3-4-12(11)18/h3-4,7-8,16H,5-6H2,1-2H3,(H,19,20,21). The molecular weight excluding hydrogens is 358 g/mol. The Kier molecular flexibility index (Phi) is 3.80. The lowest BCUT2D eigenvalue weighted by Gasteiger charge is -2.34. The first-order valence-electron chi connectivity index (χ1n) is 8.25. The largest absolute Gasteiger partial charge is 0.328 e. The number of allylic oxidation sites excluding steroid dienone is 2. The van der Waals surface area contributed by atoms with Crippen LogP contribution in [0.2, 0.25) is 5.02 Å². The van der Waals surface area contributed by atoms with E-state index in [0.29, 0.717) is 40.8 Å². The Balaban J connectivity index is 1.96. The molecule has 0 saturated heterocycles. The molecule has 0 bridgehead atoms. The van der Waals surface area contributed by atoms with Gasteiger partial charge in [-0.2, -0.15) is 10.1 Å². The van der Waals surface area contributed by atoms with Crippen LogP contribution in [-0.2, 0) is 4.79 Å². The molecule has 2 unspecified atom stereocenters. The number of rotatable bonds is 2. The molecule has 0 amide bonds. The number of benzene rings is 1. The van der Waals surface area contributed by atoms with E-state index in [1.54, 1.807) is 11.6 Å². The Hall–Kier alpha value is -2.74. The number of carbonyl (C=O) groups excluding carboxylic acids is 1. The van der Waals surface area contributed by atoms with Crippen molar-refractivity contribution in [2.75, 3.05) is 5.32 Å². The van der Waals surface area contributed by atoms with E-state index in [2.05, 4.69) is 15.4 Å². The zero-order chi connectivity index (χ0) is 18.6. The minimum atomic E-state index is -0.630. The van der Waals surface area contributed by atoms with Gasteiger partial charge in [0.2, 0.25) is 5.95 Å². The fourth-order valence-corrected chi connectivity index (χ4v) is 3.88. The van der Waals surface area contributed by atoms with Crippen LogP contribution in [0.4, 0.5) is 11.6 Å². The number of hydrogen-bond donors (Lipinski definition) is 1. The van der Waals surface area contributed by atoms with Gasteiger partial charge in [-0.25, -0.2) is 4.68 Å². The van der Waals surface area contributed by atoms with Crippen LogP contribution < -0.4 is 5.32 Å². The van der Waals surface area contributed by atoms with Gasteiger partial charge in [0.15, 0.2) is 5.78 Å². The predicted molar refractivity (Wildman–Crippen MR) is 95.1 cm³/mol. The number of Topliss-reactive ketones (excluding diaryl/α,β-unsaturated/α-hetero) is 1. The molecule has 9 heteroatoms. The Labute approximate surface area is 154 Å². The summed E-state index contributed by atoms with van der Waals surface area (Å²) in [6.07, 6.45) is 1.13. The second kappa shape index (κ2) is 5.91. The van der Waals surface area contributed by atoms with Crippen molar-refractivity contribution in [2.24, 2.45) is 5.92 Å². The molecule has 1 aromatic heterocycles. The summed E-state index contributed by atoms with van der Waals surface area (Å²) in [4.78, 5) is 28.0. The molecule has 1 N–H and O–H groups in total. The Morgan fingerprint density at radius 2 is 2.15 bits per heavy atom. The number of anilines is 1. The minimum absolute atomic E-state index is 0.00220. The minimum Gasteiger partial charge on any atom is -0.328 e. The number of non-ortho nitro benzene ring substituents is 1. The second-order valence-electron chi connectivity index (χ2n) is 6.75. The maximum Gasteiger partial charge on any atom is 0.269 e. The lowest BCUT2D eigenvalue weighted by atomic mass is 9.81. The molecule has 2 atom stereocenters.